The van der Waals surface area contributed by atoms with Crippen LogP contribution in [-0.2, 0) is 48.9 Å². The Morgan fingerprint density at radius 3 is 0.681 bits per heavy atom. The molecule has 0 saturated heterocycles. The molecule has 0 aliphatic heterocycles. The van der Waals surface area contributed by atoms with Crippen LogP contribution >= 0.6 is 0 Å². The van der Waals surface area contributed by atoms with Gasteiger partial charge >= 0.3 is 43.4 Å². The molecule has 0 N–H and O–H groups in total. The van der Waals surface area contributed by atoms with Gasteiger partial charge < -0.3 is 55.1 Å². The van der Waals surface area contributed by atoms with Crippen molar-refractivity contribution >= 4 is 0 Å². The predicted octanol–water partition coefficient (Wildman–Crippen LogP) is 2.42. The molecule has 13 heteroatoms. The van der Waals surface area contributed by atoms with E-state index < -0.39 is 12.2 Å². The van der Waals surface area contributed by atoms with Crippen molar-refractivity contribution in [2.75, 3.05) is 28.4 Å². The van der Waals surface area contributed by atoms with Gasteiger partial charge in [-0.25, -0.2) is 0 Å². The Balaban J connectivity index is -0.000000638. The first kappa shape index (κ1) is 48.0. The summed E-state index contributed by atoms with van der Waals surface area (Å²) >= 11 is 0. The average molecular weight is 718 g/mol. The summed E-state index contributed by atoms with van der Waals surface area (Å²) < 4.78 is 20.6. The van der Waals surface area contributed by atoms with Crippen LogP contribution in [0.5, 0.6) is 46.0 Å². The maximum absolute atomic E-state index is 11.9. The summed E-state index contributed by atoms with van der Waals surface area (Å²) in [6.07, 6.45) is -0.833. The van der Waals surface area contributed by atoms with Gasteiger partial charge in [0.2, 0.25) is 0 Å². The van der Waals surface area contributed by atoms with Gasteiger partial charge in [0.05, 0.1) is 28.4 Å². The SMILES string of the molecule is CC(C)[O-].CC(C)[O-].COc1cccc([O-])c1-c1c([O-])cccc1OC.COc1cccc([O-])c1-c1c([O-])cccc1OC.[O-2].[Ti+4].[Ti+4]. The third kappa shape index (κ3) is 14.9. The summed E-state index contributed by atoms with van der Waals surface area (Å²) in [7, 11) is 5.83. The van der Waals surface area contributed by atoms with Gasteiger partial charge in [0, 0.05) is 22.3 Å². The van der Waals surface area contributed by atoms with Crippen molar-refractivity contribution < 1.29 is 98.5 Å². The number of hydrogen-bond acceptors (Lipinski definition) is 10. The fraction of sp³-hybridized carbons (Fsp3) is 0.294. The molecule has 0 aromatic heterocycles. The van der Waals surface area contributed by atoms with E-state index >= 15 is 0 Å². The van der Waals surface area contributed by atoms with E-state index in [0.717, 1.165) is 0 Å². The van der Waals surface area contributed by atoms with E-state index in [1.54, 1.807) is 76.2 Å². The van der Waals surface area contributed by atoms with Crippen LogP contribution in [0, 0.1) is 0 Å². The third-order valence-electron chi connectivity index (χ3n) is 5.33. The van der Waals surface area contributed by atoms with E-state index in [1.807, 2.05) is 0 Å². The summed E-state index contributed by atoms with van der Waals surface area (Å²) in [5.41, 5.74) is 0.954. The number of rotatable bonds is 6. The van der Waals surface area contributed by atoms with Crippen molar-refractivity contribution in [3.63, 3.8) is 0 Å². The van der Waals surface area contributed by atoms with E-state index in [0.29, 0.717) is 23.0 Å². The van der Waals surface area contributed by atoms with Gasteiger partial charge in [0.15, 0.2) is 0 Å². The number of hydrogen-bond donors (Lipinski definition) is 0. The molecule has 4 aromatic rings. The normalized spacial score (nSPS) is 9.28. The van der Waals surface area contributed by atoms with Gasteiger partial charge in [-0.1, -0.05) is 99.2 Å². The van der Waals surface area contributed by atoms with E-state index in [-0.39, 0.29) is 94.2 Å². The van der Waals surface area contributed by atoms with Gasteiger partial charge in [-0.3, -0.25) is 0 Å². The molecular formula is C34H38O11Ti2. The molecule has 0 atom stereocenters. The van der Waals surface area contributed by atoms with Gasteiger partial charge in [-0.15, -0.1) is 12.2 Å². The Kier molecular flexibility index (Phi) is 25.2. The molecule has 0 heterocycles. The fourth-order valence-electron chi connectivity index (χ4n) is 3.71. The van der Waals surface area contributed by atoms with Crippen molar-refractivity contribution in [2.45, 2.75) is 39.9 Å². The molecule has 11 nitrogen and oxygen atoms in total. The van der Waals surface area contributed by atoms with Gasteiger partial charge in [0.25, 0.3) is 0 Å². The smallest absolute Gasteiger partial charge is 2.00 e. The average Bonchev–Trinajstić information content (AvgIpc) is 2.97. The zero-order valence-electron chi connectivity index (χ0n) is 27.6. The van der Waals surface area contributed by atoms with Crippen LogP contribution in [0.1, 0.15) is 27.7 Å². The monoisotopic (exact) mass is 718 g/mol. The molecule has 0 unspecified atom stereocenters. The minimum absolute atomic E-state index is 0. The van der Waals surface area contributed by atoms with Crippen LogP contribution in [0.4, 0.5) is 0 Å². The topological polar surface area (TPSA) is 204 Å². The quantitative estimate of drug-likeness (QED) is 0.266. The van der Waals surface area contributed by atoms with Crippen LogP contribution in [0.15, 0.2) is 72.8 Å². The van der Waals surface area contributed by atoms with Crippen molar-refractivity contribution in [1.82, 2.24) is 0 Å². The second-order valence-electron chi connectivity index (χ2n) is 9.43. The minimum atomic E-state index is -0.417. The molecule has 4 aromatic carbocycles. The van der Waals surface area contributed by atoms with Gasteiger partial charge in [-0.05, 0) is 24.3 Å². The van der Waals surface area contributed by atoms with Gasteiger partial charge in [-0.2, -0.15) is 0 Å². The van der Waals surface area contributed by atoms with Crippen LogP contribution in [-0.4, -0.2) is 40.6 Å². The van der Waals surface area contributed by atoms with Crippen molar-refractivity contribution in [3.05, 3.63) is 72.8 Å². The largest absolute Gasteiger partial charge is 4.00 e. The molecule has 4 rings (SSSR count). The Hall–Kier alpha value is -3.41. The molecule has 0 aliphatic carbocycles. The first-order valence-corrected chi connectivity index (χ1v) is 13.5. The van der Waals surface area contributed by atoms with E-state index in [2.05, 4.69) is 0 Å². The first-order chi connectivity index (χ1) is 20.8. The standard InChI is InChI=1S/2C14H14O4.2C3H7O.O.2Ti/c2*1-17-11-7-3-5-9(15)13(11)14-10(16)6-4-8-12(14)18-2;2*1-3(2)4;;;/h2*3-8,15-16H,1-2H3;2*3H,1-2H3;;;/q;;2*-1;-2;2*+4/p-4. The Labute approximate surface area is 306 Å². The van der Waals surface area contributed by atoms with E-state index in [1.165, 1.54) is 52.7 Å². The van der Waals surface area contributed by atoms with E-state index in [4.69, 9.17) is 18.9 Å². The summed E-state index contributed by atoms with van der Waals surface area (Å²) in [6.45, 7) is 6.44. The van der Waals surface area contributed by atoms with Crippen LogP contribution in [0.2, 0.25) is 0 Å². The van der Waals surface area contributed by atoms with Crippen LogP contribution in [0.25, 0.3) is 22.3 Å². The summed E-state index contributed by atoms with van der Waals surface area (Å²) in [5.74, 6) is 0.389. The molecule has 0 spiro atoms. The van der Waals surface area contributed by atoms with E-state index in [9.17, 15) is 30.6 Å². The second-order valence-corrected chi connectivity index (χ2v) is 9.43. The van der Waals surface area contributed by atoms with Crippen molar-refractivity contribution in [3.8, 4) is 68.2 Å². The first-order valence-electron chi connectivity index (χ1n) is 13.5. The zero-order chi connectivity index (χ0) is 33.4. The Bertz CT molecular complexity index is 1230. The minimum Gasteiger partial charge on any atom is -2.00 e. The molecule has 47 heavy (non-hydrogen) atoms. The Morgan fingerprint density at radius 2 is 0.553 bits per heavy atom. The van der Waals surface area contributed by atoms with Crippen molar-refractivity contribution in [2.24, 2.45) is 0 Å². The maximum Gasteiger partial charge on any atom is 4.00 e. The molecule has 0 saturated carbocycles. The molecule has 0 amide bonds. The molecule has 0 aliphatic rings. The predicted molar refractivity (Wildman–Crippen MR) is 159 cm³/mol. The summed E-state index contributed by atoms with van der Waals surface area (Å²) in [4.78, 5) is 0. The zero-order valence-corrected chi connectivity index (χ0v) is 30.7. The fourth-order valence-corrected chi connectivity index (χ4v) is 3.71. The van der Waals surface area contributed by atoms with Crippen LogP contribution in [0.3, 0.4) is 0 Å². The van der Waals surface area contributed by atoms with Crippen LogP contribution < -0.4 is 49.6 Å². The second kappa shape index (κ2) is 24.7. The van der Waals surface area contributed by atoms with Crippen molar-refractivity contribution in [1.29, 1.82) is 0 Å². The third-order valence-corrected chi connectivity index (χ3v) is 5.33. The number of benzene rings is 4. The molecular weight excluding hydrogens is 680 g/mol. The van der Waals surface area contributed by atoms with Gasteiger partial charge in [0.1, 0.15) is 23.0 Å². The number of methoxy groups -OCH3 is 4. The molecule has 0 radical (unpaired) electrons. The molecule has 248 valence electrons. The molecule has 0 fully saturated rings. The maximum atomic E-state index is 11.9. The Morgan fingerprint density at radius 1 is 0.404 bits per heavy atom. The summed E-state index contributed by atoms with van der Waals surface area (Å²) in [6, 6.07) is 18.5. The number of ether oxygens (including phenoxy) is 4. The summed E-state index contributed by atoms with van der Waals surface area (Å²) in [5, 5.41) is 66.8. The molecule has 0 bridgehead atoms.